The Kier molecular flexibility index (Phi) is 3.42. The second kappa shape index (κ2) is 5.04. The van der Waals surface area contributed by atoms with Crippen molar-refractivity contribution in [2.24, 2.45) is 13.0 Å². The fraction of sp³-hybridized carbons (Fsp3) is 0.800. The number of fused-ring (bicyclic) bond motifs is 1. The van der Waals surface area contributed by atoms with E-state index in [4.69, 9.17) is 0 Å². The van der Waals surface area contributed by atoms with E-state index in [1.807, 2.05) is 0 Å². The number of hydrogen-bond donors (Lipinski definition) is 1. The third kappa shape index (κ3) is 2.09. The summed E-state index contributed by atoms with van der Waals surface area (Å²) in [6.07, 6.45) is 11.4. The zero-order chi connectivity index (χ0) is 12.5. The van der Waals surface area contributed by atoms with Gasteiger partial charge in [0.25, 0.3) is 0 Å². The van der Waals surface area contributed by atoms with Gasteiger partial charge in [-0.2, -0.15) is 5.10 Å². The van der Waals surface area contributed by atoms with Crippen molar-refractivity contribution in [1.82, 2.24) is 15.1 Å². The summed E-state index contributed by atoms with van der Waals surface area (Å²) in [6, 6.07) is 1.30. The van der Waals surface area contributed by atoms with Crippen molar-refractivity contribution < 1.29 is 0 Å². The van der Waals surface area contributed by atoms with Gasteiger partial charge in [-0.15, -0.1) is 0 Å². The van der Waals surface area contributed by atoms with Crippen LogP contribution in [0.4, 0.5) is 0 Å². The van der Waals surface area contributed by atoms with Crippen molar-refractivity contribution in [2.75, 3.05) is 0 Å². The number of aryl methyl sites for hydroxylation is 1. The lowest BCUT2D eigenvalue weighted by molar-refractivity contribution is 0.329. The van der Waals surface area contributed by atoms with E-state index < -0.39 is 0 Å². The second-order valence-electron chi connectivity index (χ2n) is 5.99. The van der Waals surface area contributed by atoms with Crippen LogP contribution in [0.2, 0.25) is 0 Å². The smallest absolute Gasteiger partial charge is 0.0540 e. The van der Waals surface area contributed by atoms with Crippen molar-refractivity contribution in [3.05, 3.63) is 17.5 Å². The van der Waals surface area contributed by atoms with Crippen molar-refractivity contribution in [3.63, 3.8) is 0 Å². The first-order valence-electron chi connectivity index (χ1n) is 7.56. The molecule has 100 valence electrons. The van der Waals surface area contributed by atoms with Crippen molar-refractivity contribution in [3.8, 4) is 0 Å². The third-order valence-corrected chi connectivity index (χ3v) is 4.97. The molecule has 0 amide bonds. The Morgan fingerprint density at radius 2 is 2.22 bits per heavy atom. The lowest BCUT2D eigenvalue weighted by atomic mass is 9.91. The molecule has 3 atom stereocenters. The summed E-state index contributed by atoms with van der Waals surface area (Å²) in [5, 5.41) is 8.37. The van der Waals surface area contributed by atoms with Gasteiger partial charge in [-0.1, -0.05) is 19.8 Å². The molecular weight excluding hydrogens is 222 g/mol. The summed E-state index contributed by atoms with van der Waals surface area (Å²) in [7, 11) is 2.08. The maximum Gasteiger partial charge on any atom is 0.0540 e. The van der Waals surface area contributed by atoms with Gasteiger partial charge in [0, 0.05) is 30.4 Å². The molecule has 3 heteroatoms. The minimum Gasteiger partial charge on any atom is -0.307 e. The monoisotopic (exact) mass is 247 g/mol. The largest absolute Gasteiger partial charge is 0.307 e. The summed E-state index contributed by atoms with van der Waals surface area (Å²) in [5.41, 5.74) is 2.91. The molecule has 1 N–H and O–H groups in total. The predicted octanol–water partition coefficient (Wildman–Crippen LogP) is 2.97. The molecule has 0 saturated heterocycles. The lowest BCUT2D eigenvalue weighted by Gasteiger charge is -2.29. The van der Waals surface area contributed by atoms with Crippen LogP contribution < -0.4 is 5.32 Å². The van der Waals surface area contributed by atoms with Gasteiger partial charge < -0.3 is 5.32 Å². The van der Waals surface area contributed by atoms with Crippen molar-refractivity contribution >= 4 is 0 Å². The highest BCUT2D eigenvalue weighted by Gasteiger charge is 2.30. The summed E-state index contributed by atoms with van der Waals surface area (Å²) in [6.45, 7) is 2.33. The lowest BCUT2D eigenvalue weighted by Crippen LogP contribution is -2.36. The van der Waals surface area contributed by atoms with Gasteiger partial charge in [0.1, 0.15) is 0 Å². The first-order valence-corrected chi connectivity index (χ1v) is 7.56. The van der Waals surface area contributed by atoms with E-state index in [0.717, 1.165) is 12.0 Å². The average molecular weight is 247 g/mol. The maximum atomic E-state index is 4.44. The topological polar surface area (TPSA) is 29.9 Å². The molecule has 1 aromatic rings. The van der Waals surface area contributed by atoms with E-state index in [2.05, 4.69) is 35.3 Å². The van der Waals surface area contributed by atoms with Crippen molar-refractivity contribution in [2.45, 2.75) is 64.0 Å². The van der Waals surface area contributed by atoms with Gasteiger partial charge in [-0.05, 0) is 38.0 Å². The molecular formula is C15H25N3. The highest BCUT2D eigenvalue weighted by molar-refractivity contribution is 5.25. The Morgan fingerprint density at radius 3 is 3.06 bits per heavy atom. The number of nitrogens with zero attached hydrogens (tertiary/aromatic N) is 2. The quantitative estimate of drug-likeness (QED) is 0.890. The number of rotatable bonds is 3. The van der Waals surface area contributed by atoms with Crippen LogP contribution >= 0.6 is 0 Å². The fourth-order valence-electron chi connectivity index (χ4n) is 3.88. The number of aromatic nitrogens is 2. The molecule has 0 bridgehead atoms. The van der Waals surface area contributed by atoms with Gasteiger partial charge in [0.2, 0.25) is 0 Å². The molecule has 1 fully saturated rings. The molecule has 0 aliphatic heterocycles. The Balaban J connectivity index is 1.74. The Hall–Kier alpha value is -0.830. The van der Waals surface area contributed by atoms with Crippen LogP contribution in [-0.2, 0) is 13.5 Å². The number of nitrogens with one attached hydrogen (secondary N) is 1. The average Bonchev–Trinajstić information content (AvgIpc) is 2.98. The fourth-order valence-corrected chi connectivity index (χ4v) is 3.88. The summed E-state index contributed by atoms with van der Waals surface area (Å²) >= 11 is 0. The molecule has 1 saturated carbocycles. The maximum absolute atomic E-state index is 4.44. The minimum absolute atomic E-state index is 0.555. The Morgan fingerprint density at radius 1 is 1.33 bits per heavy atom. The highest BCUT2D eigenvalue weighted by Crippen LogP contribution is 2.34. The van der Waals surface area contributed by atoms with Crippen LogP contribution in [-0.4, -0.2) is 15.8 Å². The van der Waals surface area contributed by atoms with E-state index in [1.54, 1.807) is 0 Å². The Labute approximate surface area is 110 Å². The molecule has 1 aromatic heterocycles. The molecule has 3 unspecified atom stereocenters. The molecule has 18 heavy (non-hydrogen) atoms. The third-order valence-electron chi connectivity index (χ3n) is 4.97. The van der Waals surface area contributed by atoms with Crippen LogP contribution in [0.3, 0.4) is 0 Å². The summed E-state index contributed by atoms with van der Waals surface area (Å²) in [4.78, 5) is 0. The summed E-state index contributed by atoms with van der Waals surface area (Å²) in [5.74, 6) is 0.895. The first kappa shape index (κ1) is 12.2. The zero-order valence-corrected chi connectivity index (χ0v) is 11.7. The molecule has 2 aliphatic rings. The van der Waals surface area contributed by atoms with Crippen LogP contribution in [0.5, 0.6) is 0 Å². The normalized spacial score (nSPS) is 31.6. The molecule has 0 spiro atoms. The molecule has 0 aromatic carbocycles. The van der Waals surface area contributed by atoms with Gasteiger partial charge >= 0.3 is 0 Å². The van der Waals surface area contributed by atoms with Gasteiger partial charge in [0.05, 0.1) is 6.20 Å². The van der Waals surface area contributed by atoms with Gasteiger partial charge in [-0.25, -0.2) is 0 Å². The van der Waals surface area contributed by atoms with E-state index in [0.29, 0.717) is 6.04 Å². The zero-order valence-electron chi connectivity index (χ0n) is 11.7. The van der Waals surface area contributed by atoms with Crippen LogP contribution in [0.25, 0.3) is 0 Å². The molecule has 2 aliphatic carbocycles. The van der Waals surface area contributed by atoms with E-state index in [-0.39, 0.29) is 0 Å². The standard InChI is InChI=1S/C15H25N3/c1-3-11-6-4-7-13(11)17-14-8-5-9-15-12(14)10-16-18(15)2/h10-11,13-14,17H,3-9H2,1-2H3. The summed E-state index contributed by atoms with van der Waals surface area (Å²) < 4.78 is 2.06. The molecule has 1 heterocycles. The molecule has 0 radical (unpaired) electrons. The Bertz CT molecular complexity index is 410. The van der Waals surface area contributed by atoms with Crippen molar-refractivity contribution in [1.29, 1.82) is 0 Å². The van der Waals surface area contributed by atoms with Gasteiger partial charge in [-0.3, -0.25) is 4.68 Å². The van der Waals surface area contributed by atoms with Crippen LogP contribution in [0.1, 0.15) is 62.7 Å². The van der Waals surface area contributed by atoms with E-state index in [9.17, 15) is 0 Å². The van der Waals surface area contributed by atoms with E-state index in [1.165, 1.54) is 56.2 Å². The van der Waals surface area contributed by atoms with Gasteiger partial charge in [0.15, 0.2) is 0 Å². The molecule has 3 nitrogen and oxygen atoms in total. The van der Waals surface area contributed by atoms with Crippen LogP contribution in [0, 0.1) is 5.92 Å². The SMILES string of the molecule is CCC1CCCC1NC1CCCc2c1cnn2C. The van der Waals surface area contributed by atoms with E-state index >= 15 is 0 Å². The van der Waals surface area contributed by atoms with Crippen LogP contribution in [0.15, 0.2) is 6.20 Å². The second-order valence-corrected chi connectivity index (χ2v) is 5.99. The predicted molar refractivity (Wildman–Crippen MR) is 73.4 cm³/mol. The first-order chi connectivity index (χ1) is 8.79. The minimum atomic E-state index is 0.555. The molecule has 3 rings (SSSR count). The number of hydrogen-bond acceptors (Lipinski definition) is 2. The highest BCUT2D eigenvalue weighted by atomic mass is 15.3.